The third-order valence-electron chi connectivity index (χ3n) is 2.60. The van der Waals surface area contributed by atoms with Gasteiger partial charge in [-0.3, -0.25) is 0 Å². The second-order valence-corrected chi connectivity index (χ2v) is 3.89. The van der Waals surface area contributed by atoms with Gasteiger partial charge in [0, 0.05) is 6.54 Å². The van der Waals surface area contributed by atoms with Gasteiger partial charge in [-0.05, 0) is 19.2 Å². The topological polar surface area (TPSA) is 56.3 Å². The largest absolute Gasteiger partial charge is 0.496 e. The summed E-state index contributed by atoms with van der Waals surface area (Å²) < 4.78 is 10.8. The van der Waals surface area contributed by atoms with E-state index < -0.39 is 0 Å². The molecule has 2 aromatic rings. The van der Waals surface area contributed by atoms with Crippen molar-refractivity contribution in [2.24, 2.45) is 0 Å². The molecule has 1 aromatic heterocycles. The highest BCUT2D eigenvalue weighted by Gasteiger charge is 2.07. The van der Waals surface area contributed by atoms with Crippen LogP contribution >= 0.6 is 0 Å². The van der Waals surface area contributed by atoms with Crippen LogP contribution in [0.3, 0.4) is 0 Å². The molecular weight excluding hydrogens is 242 g/mol. The second-order valence-electron chi connectivity index (χ2n) is 3.89. The second kappa shape index (κ2) is 6.70. The number of methoxy groups -OCH3 is 1. The van der Waals surface area contributed by atoms with Gasteiger partial charge in [0.15, 0.2) is 11.6 Å². The summed E-state index contributed by atoms with van der Waals surface area (Å²) in [5.41, 5.74) is 0.867. The van der Waals surface area contributed by atoms with Crippen molar-refractivity contribution >= 4 is 0 Å². The lowest BCUT2D eigenvalue weighted by molar-refractivity contribution is 0.316. The van der Waals surface area contributed by atoms with Gasteiger partial charge in [-0.2, -0.15) is 0 Å². The van der Waals surface area contributed by atoms with Crippen molar-refractivity contribution in [2.75, 3.05) is 27.3 Å². The lowest BCUT2D eigenvalue weighted by Gasteiger charge is -2.08. The van der Waals surface area contributed by atoms with Gasteiger partial charge in [0.1, 0.15) is 12.4 Å². The molecule has 0 atom stereocenters. The van der Waals surface area contributed by atoms with Crippen molar-refractivity contribution in [2.45, 2.75) is 0 Å². The average molecular weight is 259 g/mol. The van der Waals surface area contributed by atoms with Crippen molar-refractivity contribution in [3.63, 3.8) is 0 Å². The zero-order valence-corrected chi connectivity index (χ0v) is 11.1. The predicted molar refractivity (Wildman–Crippen MR) is 73.4 cm³/mol. The first-order chi connectivity index (χ1) is 9.35. The highest BCUT2D eigenvalue weighted by atomic mass is 16.5. The summed E-state index contributed by atoms with van der Waals surface area (Å²) in [5.74, 6) is 2.04. The number of hydrogen-bond acceptors (Lipinski definition) is 5. The zero-order valence-electron chi connectivity index (χ0n) is 11.1. The lowest BCUT2D eigenvalue weighted by Crippen LogP contribution is -2.16. The molecule has 0 aliphatic carbocycles. The summed E-state index contributed by atoms with van der Waals surface area (Å²) in [4.78, 5) is 8.60. The number of nitrogens with one attached hydrogen (secondary N) is 1. The molecule has 0 unspecified atom stereocenters. The Morgan fingerprint density at radius 3 is 2.58 bits per heavy atom. The van der Waals surface area contributed by atoms with Crippen molar-refractivity contribution < 1.29 is 9.47 Å². The normalized spacial score (nSPS) is 10.2. The van der Waals surface area contributed by atoms with E-state index in [-0.39, 0.29) is 0 Å². The summed E-state index contributed by atoms with van der Waals surface area (Å²) in [6, 6.07) is 7.65. The molecule has 100 valence electrons. The van der Waals surface area contributed by atoms with Gasteiger partial charge in [0.05, 0.1) is 25.1 Å². The maximum Gasteiger partial charge on any atom is 0.163 e. The molecule has 19 heavy (non-hydrogen) atoms. The fraction of sp³-hybridized carbons (Fsp3) is 0.286. The van der Waals surface area contributed by atoms with E-state index in [1.54, 1.807) is 19.5 Å². The monoisotopic (exact) mass is 259 g/mol. The fourth-order valence-electron chi connectivity index (χ4n) is 1.63. The van der Waals surface area contributed by atoms with E-state index >= 15 is 0 Å². The first kappa shape index (κ1) is 13.3. The first-order valence-corrected chi connectivity index (χ1v) is 6.08. The van der Waals surface area contributed by atoms with Gasteiger partial charge in [-0.25, -0.2) is 9.97 Å². The predicted octanol–water partition coefficient (Wildman–Crippen LogP) is 1.75. The average Bonchev–Trinajstić information content (AvgIpc) is 2.48. The van der Waals surface area contributed by atoms with Crippen LogP contribution < -0.4 is 14.8 Å². The van der Waals surface area contributed by atoms with Gasteiger partial charge in [0.2, 0.25) is 0 Å². The fourth-order valence-corrected chi connectivity index (χ4v) is 1.63. The van der Waals surface area contributed by atoms with Crippen LogP contribution in [0.15, 0.2) is 36.7 Å². The SMILES string of the molecule is CNCCOc1cnc(-c2ccccc2OC)nc1. The minimum Gasteiger partial charge on any atom is -0.496 e. The number of aromatic nitrogens is 2. The Hall–Kier alpha value is -2.14. The Kier molecular flexibility index (Phi) is 4.69. The summed E-state index contributed by atoms with van der Waals surface area (Å²) >= 11 is 0. The molecular formula is C14H17N3O2. The van der Waals surface area contributed by atoms with E-state index in [9.17, 15) is 0 Å². The van der Waals surface area contributed by atoms with E-state index in [0.29, 0.717) is 18.2 Å². The van der Waals surface area contributed by atoms with Crippen molar-refractivity contribution in [1.29, 1.82) is 0 Å². The Labute approximate surface area is 112 Å². The molecule has 1 N–H and O–H groups in total. The maximum absolute atomic E-state index is 5.48. The van der Waals surface area contributed by atoms with Crippen LogP contribution in [0.4, 0.5) is 0 Å². The molecule has 0 aliphatic rings. The molecule has 0 saturated carbocycles. The van der Waals surface area contributed by atoms with Crippen LogP contribution in [0.5, 0.6) is 11.5 Å². The third kappa shape index (κ3) is 3.42. The molecule has 0 saturated heterocycles. The van der Waals surface area contributed by atoms with Crippen LogP contribution in [-0.4, -0.2) is 37.3 Å². The number of hydrogen-bond donors (Lipinski definition) is 1. The maximum atomic E-state index is 5.48. The minimum atomic E-state index is 0.591. The van der Waals surface area contributed by atoms with Gasteiger partial charge in [-0.1, -0.05) is 12.1 Å². The Balaban J connectivity index is 2.13. The molecule has 5 heteroatoms. The number of rotatable bonds is 6. The van der Waals surface area contributed by atoms with E-state index in [1.165, 1.54) is 0 Å². The standard InChI is InChI=1S/C14H17N3O2/c1-15-7-8-19-11-9-16-14(17-10-11)12-5-3-4-6-13(12)18-2/h3-6,9-10,15H,7-8H2,1-2H3. The molecule has 0 aliphatic heterocycles. The van der Waals surface area contributed by atoms with Crippen LogP contribution in [0.25, 0.3) is 11.4 Å². The van der Waals surface area contributed by atoms with Crippen molar-refractivity contribution in [3.05, 3.63) is 36.7 Å². The molecule has 5 nitrogen and oxygen atoms in total. The van der Waals surface area contributed by atoms with Gasteiger partial charge >= 0.3 is 0 Å². The van der Waals surface area contributed by atoms with E-state index in [2.05, 4.69) is 15.3 Å². The Bertz CT molecular complexity index is 514. The Morgan fingerprint density at radius 1 is 1.16 bits per heavy atom. The first-order valence-electron chi connectivity index (χ1n) is 6.08. The summed E-state index contributed by atoms with van der Waals surface area (Å²) in [6.07, 6.45) is 3.34. The van der Waals surface area contributed by atoms with Gasteiger partial charge in [0.25, 0.3) is 0 Å². The number of nitrogens with zero attached hydrogens (tertiary/aromatic N) is 2. The Morgan fingerprint density at radius 2 is 1.89 bits per heavy atom. The van der Waals surface area contributed by atoms with Gasteiger partial charge < -0.3 is 14.8 Å². The van der Waals surface area contributed by atoms with Crippen LogP contribution in [0, 0.1) is 0 Å². The molecule has 1 heterocycles. The summed E-state index contributed by atoms with van der Waals surface area (Å²) in [5, 5.41) is 3.01. The summed E-state index contributed by atoms with van der Waals surface area (Å²) in [7, 11) is 3.51. The molecule has 1 aromatic carbocycles. The van der Waals surface area contributed by atoms with Gasteiger partial charge in [-0.15, -0.1) is 0 Å². The van der Waals surface area contributed by atoms with E-state index in [4.69, 9.17) is 9.47 Å². The number of ether oxygens (including phenoxy) is 2. The van der Waals surface area contributed by atoms with Crippen molar-refractivity contribution in [3.8, 4) is 22.9 Å². The smallest absolute Gasteiger partial charge is 0.163 e. The van der Waals surface area contributed by atoms with Crippen molar-refractivity contribution in [1.82, 2.24) is 15.3 Å². The zero-order chi connectivity index (χ0) is 13.5. The molecule has 0 fully saturated rings. The highest BCUT2D eigenvalue weighted by Crippen LogP contribution is 2.26. The van der Waals surface area contributed by atoms with Crippen LogP contribution in [-0.2, 0) is 0 Å². The molecule has 0 amide bonds. The number of para-hydroxylation sites is 1. The molecule has 0 radical (unpaired) electrons. The summed E-state index contributed by atoms with van der Waals surface area (Å²) in [6.45, 7) is 1.38. The highest BCUT2D eigenvalue weighted by molar-refractivity contribution is 5.63. The van der Waals surface area contributed by atoms with E-state index in [0.717, 1.165) is 17.9 Å². The quantitative estimate of drug-likeness (QED) is 0.801. The molecule has 0 bridgehead atoms. The molecule has 2 rings (SSSR count). The lowest BCUT2D eigenvalue weighted by atomic mass is 10.2. The molecule has 0 spiro atoms. The van der Waals surface area contributed by atoms with E-state index in [1.807, 2.05) is 31.3 Å². The third-order valence-corrected chi connectivity index (χ3v) is 2.60. The number of benzene rings is 1. The minimum absolute atomic E-state index is 0.591. The van der Waals surface area contributed by atoms with Crippen LogP contribution in [0.1, 0.15) is 0 Å². The number of likely N-dealkylation sites (N-methyl/N-ethyl adjacent to an activating group) is 1. The van der Waals surface area contributed by atoms with Crippen LogP contribution in [0.2, 0.25) is 0 Å².